The van der Waals surface area contributed by atoms with Crippen LogP contribution in [0.1, 0.15) is 10.5 Å². The maximum atomic E-state index is 11.1. The third kappa shape index (κ3) is 2.01. The van der Waals surface area contributed by atoms with E-state index >= 15 is 0 Å². The Morgan fingerprint density at radius 2 is 2.05 bits per heavy atom. The number of nitrogens with two attached hydrogens (primary N) is 1. The number of amides is 1. The van der Waals surface area contributed by atoms with E-state index in [9.17, 15) is 25.1 Å². The number of phenolic OH excluding ortho intramolecular Hbond substituents is 2. The van der Waals surface area contributed by atoms with Gasteiger partial charge in [-0.3, -0.25) is 14.9 Å². The van der Waals surface area contributed by atoms with Gasteiger partial charge in [-0.05, 0) is 6.07 Å². The predicted octanol–water partition coefficient (Wildman–Crippen LogP) is -0.110. The first kappa shape index (κ1) is 12.3. The zero-order valence-electron chi connectivity index (χ0n) is 9.19. The van der Waals surface area contributed by atoms with E-state index in [4.69, 9.17) is 5.73 Å². The molecule has 0 saturated carbocycles. The summed E-state index contributed by atoms with van der Waals surface area (Å²) >= 11 is 0. The lowest BCUT2D eigenvalue weighted by molar-refractivity contribution is -0.385. The molecule has 0 atom stereocenters. The highest BCUT2D eigenvalue weighted by Gasteiger charge is 2.23. The number of carbonyl (C=O) groups excluding carboxylic acids is 1. The maximum absolute atomic E-state index is 11.1. The molecule has 0 bridgehead atoms. The van der Waals surface area contributed by atoms with Gasteiger partial charge in [-0.1, -0.05) is 0 Å². The second-order valence-corrected chi connectivity index (χ2v) is 3.51. The zero-order chi connectivity index (χ0) is 14.2. The number of nitro benzene ring substituents is 1. The van der Waals surface area contributed by atoms with Crippen molar-refractivity contribution in [1.82, 2.24) is 15.4 Å². The standard InChI is InChI=1S/C9H7N5O5/c10-9(17)7-6(11-13-12-7)3-1-4(14(18)19)8(16)5(15)2-3/h1-2,15-16H,(H2,10,17)(H,11,12,13). The molecule has 1 aromatic carbocycles. The van der Waals surface area contributed by atoms with Crippen molar-refractivity contribution in [2.45, 2.75) is 0 Å². The molecule has 0 unspecified atom stereocenters. The fraction of sp³-hybridized carbons (Fsp3) is 0. The first-order valence-corrected chi connectivity index (χ1v) is 4.83. The van der Waals surface area contributed by atoms with E-state index in [1.165, 1.54) is 0 Å². The molecule has 1 amide bonds. The molecule has 0 aliphatic carbocycles. The van der Waals surface area contributed by atoms with Crippen LogP contribution in [0.4, 0.5) is 5.69 Å². The van der Waals surface area contributed by atoms with Gasteiger partial charge in [0, 0.05) is 11.6 Å². The molecule has 0 aliphatic rings. The molecule has 0 aliphatic heterocycles. The van der Waals surface area contributed by atoms with Crippen molar-refractivity contribution in [3.63, 3.8) is 0 Å². The number of phenols is 2. The number of benzene rings is 1. The van der Waals surface area contributed by atoms with Gasteiger partial charge in [0.25, 0.3) is 5.91 Å². The van der Waals surface area contributed by atoms with Crippen LogP contribution in [-0.2, 0) is 0 Å². The predicted molar refractivity (Wildman–Crippen MR) is 60.3 cm³/mol. The van der Waals surface area contributed by atoms with E-state index < -0.39 is 28.0 Å². The van der Waals surface area contributed by atoms with Gasteiger partial charge in [-0.2, -0.15) is 15.4 Å². The average Bonchev–Trinajstić information content (AvgIpc) is 2.81. The van der Waals surface area contributed by atoms with Crippen LogP contribution in [0, 0.1) is 10.1 Å². The number of H-pyrrole nitrogens is 1. The van der Waals surface area contributed by atoms with Crippen molar-refractivity contribution in [2.24, 2.45) is 5.73 Å². The van der Waals surface area contributed by atoms with Gasteiger partial charge in [0.15, 0.2) is 11.4 Å². The van der Waals surface area contributed by atoms with E-state index in [0.29, 0.717) is 0 Å². The Hall–Kier alpha value is -3.17. The molecule has 0 fully saturated rings. The van der Waals surface area contributed by atoms with Gasteiger partial charge in [0.2, 0.25) is 5.75 Å². The number of aromatic nitrogens is 3. The highest BCUT2D eigenvalue weighted by molar-refractivity contribution is 5.97. The number of nitrogens with zero attached hydrogens (tertiary/aromatic N) is 3. The van der Waals surface area contributed by atoms with Crippen molar-refractivity contribution < 1.29 is 19.9 Å². The molecule has 0 saturated heterocycles. The Kier molecular flexibility index (Phi) is 2.75. The first-order valence-electron chi connectivity index (χ1n) is 4.83. The Balaban J connectivity index is 2.66. The molecule has 10 heteroatoms. The Morgan fingerprint density at radius 1 is 1.37 bits per heavy atom. The summed E-state index contributed by atoms with van der Waals surface area (Å²) in [5.74, 6) is -2.49. The van der Waals surface area contributed by atoms with Crippen LogP contribution in [-0.4, -0.2) is 36.5 Å². The van der Waals surface area contributed by atoms with E-state index in [1.807, 2.05) is 0 Å². The number of hydrogen-bond acceptors (Lipinski definition) is 7. The molecule has 1 aromatic heterocycles. The van der Waals surface area contributed by atoms with Gasteiger partial charge in [0.1, 0.15) is 5.69 Å². The van der Waals surface area contributed by atoms with Gasteiger partial charge in [-0.25, -0.2) is 0 Å². The van der Waals surface area contributed by atoms with Crippen LogP contribution < -0.4 is 5.73 Å². The number of aromatic hydroxyl groups is 2. The number of hydrogen-bond donors (Lipinski definition) is 4. The van der Waals surface area contributed by atoms with Crippen LogP contribution in [0.5, 0.6) is 11.5 Å². The Bertz CT molecular complexity index is 680. The quantitative estimate of drug-likeness (QED) is 0.341. The van der Waals surface area contributed by atoms with E-state index in [1.54, 1.807) is 0 Å². The molecule has 19 heavy (non-hydrogen) atoms. The highest BCUT2D eigenvalue weighted by Crippen LogP contribution is 2.39. The molecule has 5 N–H and O–H groups in total. The zero-order valence-corrected chi connectivity index (χ0v) is 9.19. The lowest BCUT2D eigenvalue weighted by Gasteiger charge is -2.03. The lowest BCUT2D eigenvalue weighted by Crippen LogP contribution is -2.12. The molecular formula is C9H7N5O5. The molecule has 98 valence electrons. The number of nitro groups is 1. The molecule has 2 aromatic rings. The summed E-state index contributed by atoms with van der Waals surface area (Å²) in [4.78, 5) is 20.9. The summed E-state index contributed by atoms with van der Waals surface area (Å²) in [6.07, 6.45) is 0. The van der Waals surface area contributed by atoms with Gasteiger partial charge in [-0.15, -0.1) is 0 Å². The summed E-state index contributed by atoms with van der Waals surface area (Å²) in [6.45, 7) is 0. The third-order valence-corrected chi connectivity index (χ3v) is 2.32. The monoisotopic (exact) mass is 265 g/mol. The van der Waals surface area contributed by atoms with E-state index in [0.717, 1.165) is 12.1 Å². The number of primary amides is 1. The summed E-state index contributed by atoms with van der Waals surface area (Å²) in [5, 5.41) is 38.8. The van der Waals surface area contributed by atoms with Crippen molar-refractivity contribution in [3.05, 3.63) is 27.9 Å². The summed E-state index contributed by atoms with van der Waals surface area (Å²) < 4.78 is 0. The van der Waals surface area contributed by atoms with Crippen LogP contribution in [0.25, 0.3) is 11.3 Å². The number of rotatable bonds is 3. The van der Waals surface area contributed by atoms with E-state index in [-0.39, 0.29) is 17.0 Å². The molecular weight excluding hydrogens is 258 g/mol. The van der Waals surface area contributed by atoms with Crippen molar-refractivity contribution in [2.75, 3.05) is 0 Å². The first-order chi connectivity index (χ1) is 8.91. The molecule has 10 nitrogen and oxygen atoms in total. The number of carbonyl (C=O) groups is 1. The van der Waals surface area contributed by atoms with Crippen molar-refractivity contribution >= 4 is 11.6 Å². The van der Waals surface area contributed by atoms with Gasteiger partial charge < -0.3 is 15.9 Å². The molecule has 2 rings (SSSR count). The average molecular weight is 265 g/mol. The van der Waals surface area contributed by atoms with E-state index in [2.05, 4.69) is 15.4 Å². The summed E-state index contributed by atoms with van der Waals surface area (Å²) in [6, 6.07) is 1.95. The fourth-order valence-corrected chi connectivity index (χ4v) is 1.48. The molecule has 0 spiro atoms. The minimum atomic E-state index is -0.890. The number of aromatic amines is 1. The van der Waals surface area contributed by atoms with Gasteiger partial charge >= 0.3 is 5.69 Å². The fourth-order valence-electron chi connectivity index (χ4n) is 1.48. The van der Waals surface area contributed by atoms with Crippen LogP contribution in [0.2, 0.25) is 0 Å². The Labute approximate surface area is 104 Å². The normalized spacial score (nSPS) is 10.3. The number of nitrogens with one attached hydrogen (secondary N) is 1. The highest BCUT2D eigenvalue weighted by atomic mass is 16.6. The second-order valence-electron chi connectivity index (χ2n) is 3.51. The van der Waals surface area contributed by atoms with Crippen LogP contribution in [0.15, 0.2) is 12.1 Å². The SMILES string of the molecule is NC(=O)c1n[nH]nc1-c1cc(O)c(O)c([N+](=O)[O-])c1. The minimum absolute atomic E-state index is 0.0181. The lowest BCUT2D eigenvalue weighted by atomic mass is 10.1. The van der Waals surface area contributed by atoms with Crippen LogP contribution >= 0.6 is 0 Å². The summed E-state index contributed by atoms with van der Waals surface area (Å²) in [5.41, 5.74) is 4.04. The third-order valence-electron chi connectivity index (χ3n) is 2.32. The topological polar surface area (TPSA) is 168 Å². The van der Waals surface area contributed by atoms with Gasteiger partial charge in [0.05, 0.1) is 4.92 Å². The maximum Gasteiger partial charge on any atom is 0.315 e. The minimum Gasteiger partial charge on any atom is -0.504 e. The second kappa shape index (κ2) is 4.25. The smallest absolute Gasteiger partial charge is 0.315 e. The molecule has 1 heterocycles. The summed E-state index contributed by atoms with van der Waals surface area (Å²) in [7, 11) is 0. The Morgan fingerprint density at radius 3 is 2.63 bits per heavy atom. The van der Waals surface area contributed by atoms with Crippen molar-refractivity contribution in [1.29, 1.82) is 0 Å². The van der Waals surface area contributed by atoms with Crippen LogP contribution in [0.3, 0.4) is 0 Å². The molecule has 0 radical (unpaired) electrons. The largest absolute Gasteiger partial charge is 0.504 e. The van der Waals surface area contributed by atoms with Crippen molar-refractivity contribution in [3.8, 4) is 22.8 Å².